The zero-order valence-corrected chi connectivity index (χ0v) is 18.3. The smallest absolute Gasteiger partial charge is 0.189 e. The van der Waals surface area contributed by atoms with Gasteiger partial charge < -0.3 is 16.2 Å². The molecular formula is C24H24N6OS. The number of aromatic nitrogens is 3. The number of nitrogens with one attached hydrogen (secondary N) is 1. The van der Waals surface area contributed by atoms with Crippen LogP contribution in [0.3, 0.4) is 0 Å². The molecule has 1 aliphatic rings. The number of aliphatic hydroxyl groups excluding tert-OH is 1. The number of pyridine rings is 2. The molecule has 0 saturated heterocycles. The van der Waals surface area contributed by atoms with E-state index < -0.39 is 0 Å². The molecule has 0 bridgehead atoms. The molecule has 162 valence electrons. The molecular weight excluding hydrogens is 420 g/mol. The minimum atomic E-state index is -0.154. The van der Waals surface area contributed by atoms with E-state index in [0.29, 0.717) is 23.4 Å². The van der Waals surface area contributed by atoms with Gasteiger partial charge in [-0.2, -0.15) is 0 Å². The summed E-state index contributed by atoms with van der Waals surface area (Å²) in [6.45, 7) is 0. The van der Waals surface area contributed by atoms with Crippen molar-refractivity contribution in [2.75, 3.05) is 11.1 Å². The molecule has 32 heavy (non-hydrogen) atoms. The van der Waals surface area contributed by atoms with E-state index in [0.717, 1.165) is 52.2 Å². The highest BCUT2D eigenvalue weighted by molar-refractivity contribution is 7.22. The molecule has 3 aromatic heterocycles. The van der Waals surface area contributed by atoms with Crippen LogP contribution in [0.5, 0.6) is 0 Å². The molecule has 5 rings (SSSR count). The first-order chi connectivity index (χ1) is 15.6. The number of hydrogen-bond acceptors (Lipinski definition) is 8. The summed E-state index contributed by atoms with van der Waals surface area (Å²) in [6, 6.07) is 15.7. The Balaban J connectivity index is 1.31. The number of hydrogen-bond donors (Lipinski definition) is 3. The molecule has 3 heterocycles. The summed E-state index contributed by atoms with van der Waals surface area (Å²) in [6.07, 6.45) is 7.25. The maximum absolute atomic E-state index is 9.65. The van der Waals surface area contributed by atoms with Crippen LogP contribution in [0.1, 0.15) is 25.7 Å². The Kier molecular flexibility index (Phi) is 5.79. The van der Waals surface area contributed by atoms with Crippen molar-refractivity contribution in [2.45, 2.75) is 31.8 Å². The summed E-state index contributed by atoms with van der Waals surface area (Å²) in [7, 11) is 0. The fraction of sp³-hybridized carbons (Fsp3) is 0.250. The molecule has 1 fully saturated rings. The number of fused-ring (bicyclic) bond motifs is 1. The van der Waals surface area contributed by atoms with E-state index in [9.17, 15) is 5.11 Å². The predicted molar refractivity (Wildman–Crippen MR) is 131 cm³/mol. The number of aliphatic imine (C=N–C) groups is 1. The van der Waals surface area contributed by atoms with Gasteiger partial charge in [0, 0.05) is 18.0 Å². The number of thiazole rings is 1. The summed E-state index contributed by atoms with van der Waals surface area (Å²) in [4.78, 5) is 18.0. The highest BCUT2D eigenvalue weighted by Crippen LogP contribution is 2.32. The van der Waals surface area contributed by atoms with Crippen molar-refractivity contribution in [1.82, 2.24) is 15.0 Å². The van der Waals surface area contributed by atoms with Crippen LogP contribution in [-0.2, 0) is 0 Å². The average molecular weight is 445 g/mol. The second kappa shape index (κ2) is 9.02. The number of anilines is 3. The van der Waals surface area contributed by atoms with Gasteiger partial charge in [0.2, 0.25) is 0 Å². The summed E-state index contributed by atoms with van der Waals surface area (Å²) in [5, 5.41) is 13.7. The van der Waals surface area contributed by atoms with Crippen molar-refractivity contribution in [2.24, 2.45) is 10.9 Å². The monoisotopic (exact) mass is 444 g/mol. The number of nitrogens with two attached hydrogens (primary N) is 1. The summed E-state index contributed by atoms with van der Waals surface area (Å²) < 4.78 is 1.08. The molecule has 0 unspecified atom stereocenters. The number of nitrogens with zero attached hydrogens (tertiary/aromatic N) is 4. The van der Waals surface area contributed by atoms with Crippen LogP contribution in [0.15, 0.2) is 59.7 Å². The molecule has 0 aliphatic heterocycles. The van der Waals surface area contributed by atoms with Crippen LogP contribution in [0.2, 0.25) is 0 Å². The number of benzene rings is 1. The lowest BCUT2D eigenvalue weighted by Crippen LogP contribution is -2.18. The highest BCUT2D eigenvalue weighted by atomic mass is 32.1. The summed E-state index contributed by atoms with van der Waals surface area (Å²) >= 11 is 1.58. The SMILES string of the molecule is Nc1ccc(-c2ccc3nc(Nc4cccc(N=CC5CCC(O)CC5)n4)sc3c2)cn1. The summed E-state index contributed by atoms with van der Waals surface area (Å²) in [5.41, 5.74) is 8.71. The van der Waals surface area contributed by atoms with E-state index in [1.165, 1.54) is 0 Å². The van der Waals surface area contributed by atoms with Gasteiger partial charge in [0.25, 0.3) is 0 Å². The normalized spacial score (nSPS) is 18.9. The van der Waals surface area contributed by atoms with Gasteiger partial charge in [-0.25, -0.2) is 19.9 Å². The maximum Gasteiger partial charge on any atom is 0.189 e. The van der Waals surface area contributed by atoms with Gasteiger partial charge in [-0.1, -0.05) is 23.5 Å². The highest BCUT2D eigenvalue weighted by Gasteiger charge is 2.17. The largest absolute Gasteiger partial charge is 0.393 e. The van der Waals surface area contributed by atoms with Crippen molar-refractivity contribution >= 4 is 50.4 Å². The van der Waals surface area contributed by atoms with Crippen molar-refractivity contribution < 1.29 is 5.11 Å². The first-order valence-electron chi connectivity index (χ1n) is 10.7. The van der Waals surface area contributed by atoms with E-state index in [1.54, 1.807) is 23.6 Å². The Morgan fingerprint density at radius 3 is 2.69 bits per heavy atom. The zero-order chi connectivity index (χ0) is 21.9. The van der Waals surface area contributed by atoms with Gasteiger partial charge in [0.15, 0.2) is 10.9 Å². The zero-order valence-electron chi connectivity index (χ0n) is 17.5. The molecule has 0 atom stereocenters. The van der Waals surface area contributed by atoms with Crippen LogP contribution in [0, 0.1) is 5.92 Å². The van der Waals surface area contributed by atoms with E-state index in [-0.39, 0.29) is 6.10 Å². The van der Waals surface area contributed by atoms with Gasteiger partial charge in [0.1, 0.15) is 11.6 Å². The van der Waals surface area contributed by atoms with Gasteiger partial charge >= 0.3 is 0 Å². The minimum absolute atomic E-state index is 0.154. The van der Waals surface area contributed by atoms with E-state index in [1.807, 2.05) is 42.6 Å². The van der Waals surface area contributed by atoms with Crippen LogP contribution in [-0.4, -0.2) is 32.4 Å². The van der Waals surface area contributed by atoms with Crippen molar-refractivity contribution in [3.05, 3.63) is 54.7 Å². The number of nitrogen functional groups attached to an aromatic ring is 1. The van der Waals surface area contributed by atoms with Crippen LogP contribution < -0.4 is 11.1 Å². The molecule has 7 nitrogen and oxygen atoms in total. The lowest BCUT2D eigenvalue weighted by Gasteiger charge is -2.21. The van der Waals surface area contributed by atoms with E-state index in [2.05, 4.69) is 31.3 Å². The van der Waals surface area contributed by atoms with Gasteiger partial charge in [0.05, 0.1) is 16.3 Å². The Morgan fingerprint density at radius 2 is 1.88 bits per heavy atom. The Labute approximate surface area is 190 Å². The molecule has 8 heteroatoms. The van der Waals surface area contributed by atoms with E-state index >= 15 is 0 Å². The molecule has 1 aliphatic carbocycles. The lowest BCUT2D eigenvalue weighted by atomic mass is 9.88. The second-order valence-corrected chi connectivity index (χ2v) is 9.06. The van der Waals surface area contributed by atoms with Crippen molar-refractivity contribution in [1.29, 1.82) is 0 Å². The predicted octanol–water partition coefficient (Wildman–Crippen LogP) is 5.33. The summed E-state index contributed by atoms with van der Waals surface area (Å²) in [5.74, 6) is 2.29. The third-order valence-electron chi connectivity index (χ3n) is 5.64. The van der Waals surface area contributed by atoms with Gasteiger partial charge in [-0.3, -0.25) is 0 Å². The molecule has 0 amide bonds. The average Bonchev–Trinajstić information content (AvgIpc) is 3.21. The molecule has 4 aromatic rings. The fourth-order valence-electron chi connectivity index (χ4n) is 3.84. The number of aliphatic hydroxyl groups is 1. The van der Waals surface area contributed by atoms with E-state index in [4.69, 9.17) is 5.73 Å². The molecule has 1 aromatic carbocycles. The fourth-order valence-corrected chi connectivity index (χ4v) is 4.75. The molecule has 0 radical (unpaired) electrons. The first-order valence-corrected chi connectivity index (χ1v) is 11.5. The standard InChI is InChI=1S/C24H24N6OS/c25-21-11-7-17(14-26-21)16-6-10-19-20(12-16)32-24(28-19)30-23-3-1-2-22(29-23)27-13-15-4-8-18(31)9-5-15/h1-3,6-7,10-15,18,31H,4-5,8-9H2,(H2,25,26)(H,28,29,30). The topological polar surface area (TPSA) is 109 Å². The maximum atomic E-state index is 9.65. The second-order valence-electron chi connectivity index (χ2n) is 8.03. The van der Waals surface area contributed by atoms with Crippen molar-refractivity contribution in [3.8, 4) is 11.1 Å². The Morgan fingerprint density at radius 1 is 1.03 bits per heavy atom. The third-order valence-corrected chi connectivity index (χ3v) is 6.57. The quantitative estimate of drug-likeness (QED) is 0.359. The van der Waals surface area contributed by atoms with Crippen LogP contribution in [0.25, 0.3) is 21.3 Å². The third kappa shape index (κ3) is 4.76. The molecule has 1 saturated carbocycles. The molecule has 0 spiro atoms. The Bertz CT molecular complexity index is 1250. The lowest BCUT2D eigenvalue weighted by molar-refractivity contribution is 0.121. The minimum Gasteiger partial charge on any atom is -0.393 e. The first kappa shape index (κ1) is 20.5. The van der Waals surface area contributed by atoms with Crippen LogP contribution in [0.4, 0.5) is 22.6 Å². The van der Waals surface area contributed by atoms with Gasteiger partial charge in [-0.05, 0) is 73.6 Å². The Hall–Kier alpha value is -3.36. The van der Waals surface area contributed by atoms with Gasteiger partial charge in [-0.15, -0.1) is 0 Å². The molecule has 4 N–H and O–H groups in total. The van der Waals surface area contributed by atoms with Crippen molar-refractivity contribution in [3.63, 3.8) is 0 Å². The number of rotatable bonds is 5. The van der Waals surface area contributed by atoms with Crippen LogP contribution >= 0.6 is 11.3 Å².